The Balaban J connectivity index is 1.70. The van der Waals surface area contributed by atoms with Crippen LogP contribution in [0.25, 0.3) is 0 Å². The summed E-state index contributed by atoms with van der Waals surface area (Å²) in [5.74, 6) is -0.0710. The predicted molar refractivity (Wildman–Crippen MR) is 76.6 cm³/mol. The van der Waals surface area contributed by atoms with Gasteiger partial charge in [0.25, 0.3) is 5.91 Å². The summed E-state index contributed by atoms with van der Waals surface area (Å²) in [5.41, 5.74) is 0.492. The molecular weight excluding hydrogens is 256 g/mol. The topological polar surface area (TPSA) is 59.4 Å². The van der Waals surface area contributed by atoms with E-state index in [1.165, 1.54) is 0 Å². The molecule has 1 aliphatic rings. The maximum atomic E-state index is 12.0. The van der Waals surface area contributed by atoms with E-state index in [0.717, 1.165) is 45.7 Å². The van der Waals surface area contributed by atoms with Crippen LogP contribution in [0.15, 0.2) is 12.3 Å². The van der Waals surface area contributed by atoms with Crippen LogP contribution in [0, 0.1) is 0 Å². The lowest BCUT2D eigenvalue weighted by atomic mass is 10.0. The third kappa shape index (κ3) is 4.31. The number of aromatic nitrogens is 2. The van der Waals surface area contributed by atoms with Gasteiger partial charge >= 0.3 is 0 Å². The van der Waals surface area contributed by atoms with Crippen LogP contribution < -0.4 is 5.32 Å². The number of carbonyl (C=O) groups excluding carboxylic acids is 1. The van der Waals surface area contributed by atoms with Crippen LogP contribution >= 0.6 is 0 Å². The maximum absolute atomic E-state index is 12.0. The standard InChI is InChI=1S/C14H24N4O2/c1-3-20-11-10-18-8-4-12(5-9-18)15-14(19)13-6-7-17(2)16-13/h6-7,12H,3-5,8-11H2,1-2H3,(H,15,19). The summed E-state index contributed by atoms with van der Waals surface area (Å²) in [6.07, 6.45) is 3.76. The van der Waals surface area contributed by atoms with Gasteiger partial charge in [0.2, 0.25) is 0 Å². The average Bonchev–Trinajstić information content (AvgIpc) is 2.88. The van der Waals surface area contributed by atoms with Gasteiger partial charge in [-0.25, -0.2) is 0 Å². The molecular formula is C14H24N4O2. The summed E-state index contributed by atoms with van der Waals surface area (Å²) in [4.78, 5) is 14.4. The molecule has 0 aliphatic carbocycles. The lowest BCUT2D eigenvalue weighted by Crippen LogP contribution is -2.45. The second-order valence-corrected chi connectivity index (χ2v) is 5.16. The van der Waals surface area contributed by atoms with Gasteiger partial charge in [-0.3, -0.25) is 9.48 Å². The Hall–Kier alpha value is -1.40. The number of hydrogen-bond donors (Lipinski definition) is 1. The molecule has 1 aromatic rings. The molecule has 1 aliphatic heterocycles. The van der Waals surface area contributed by atoms with Crippen LogP contribution in [-0.2, 0) is 11.8 Å². The highest BCUT2D eigenvalue weighted by molar-refractivity contribution is 5.92. The summed E-state index contributed by atoms with van der Waals surface area (Å²) in [5, 5.41) is 7.18. The van der Waals surface area contributed by atoms with Gasteiger partial charge in [-0.2, -0.15) is 5.10 Å². The van der Waals surface area contributed by atoms with Crippen molar-refractivity contribution in [1.82, 2.24) is 20.0 Å². The SMILES string of the molecule is CCOCCN1CCC(NC(=O)c2ccn(C)n2)CC1. The Kier molecular flexibility index (Phi) is 5.55. The number of nitrogens with one attached hydrogen (secondary N) is 1. The summed E-state index contributed by atoms with van der Waals surface area (Å²) in [6, 6.07) is 2.00. The highest BCUT2D eigenvalue weighted by atomic mass is 16.5. The Bertz CT molecular complexity index is 425. The summed E-state index contributed by atoms with van der Waals surface area (Å²) < 4.78 is 7.01. The zero-order chi connectivity index (χ0) is 14.4. The predicted octanol–water partition coefficient (Wildman–Crippen LogP) is 0.651. The minimum absolute atomic E-state index is 0.0710. The smallest absolute Gasteiger partial charge is 0.271 e. The molecule has 0 saturated carbocycles. The molecule has 2 heterocycles. The van der Waals surface area contributed by atoms with Gasteiger partial charge in [0.1, 0.15) is 5.69 Å². The fraction of sp³-hybridized carbons (Fsp3) is 0.714. The van der Waals surface area contributed by atoms with Crippen LogP contribution in [0.3, 0.4) is 0 Å². The number of ether oxygens (including phenoxy) is 1. The van der Waals surface area contributed by atoms with Crippen molar-refractivity contribution in [3.05, 3.63) is 18.0 Å². The van der Waals surface area contributed by atoms with Crippen molar-refractivity contribution >= 4 is 5.91 Å². The van der Waals surface area contributed by atoms with Crippen molar-refractivity contribution < 1.29 is 9.53 Å². The van der Waals surface area contributed by atoms with E-state index in [0.29, 0.717) is 5.69 Å². The van der Waals surface area contributed by atoms with Crippen LogP contribution in [0.4, 0.5) is 0 Å². The zero-order valence-corrected chi connectivity index (χ0v) is 12.3. The molecule has 1 N–H and O–H groups in total. The second-order valence-electron chi connectivity index (χ2n) is 5.16. The normalized spacial score (nSPS) is 17.3. The van der Waals surface area contributed by atoms with Crippen LogP contribution in [0.2, 0.25) is 0 Å². The molecule has 112 valence electrons. The summed E-state index contributed by atoms with van der Waals surface area (Å²) in [7, 11) is 1.81. The molecule has 1 saturated heterocycles. The number of likely N-dealkylation sites (tertiary alicyclic amines) is 1. The van der Waals surface area contributed by atoms with Gasteiger partial charge < -0.3 is 15.0 Å². The van der Waals surface area contributed by atoms with E-state index < -0.39 is 0 Å². The minimum Gasteiger partial charge on any atom is -0.380 e. The van der Waals surface area contributed by atoms with Crippen molar-refractivity contribution in [3.8, 4) is 0 Å². The van der Waals surface area contributed by atoms with E-state index in [2.05, 4.69) is 15.3 Å². The fourth-order valence-electron chi connectivity index (χ4n) is 2.43. The molecule has 0 unspecified atom stereocenters. The highest BCUT2D eigenvalue weighted by Gasteiger charge is 2.21. The summed E-state index contributed by atoms with van der Waals surface area (Å²) in [6.45, 7) is 6.59. The number of hydrogen-bond acceptors (Lipinski definition) is 4. The molecule has 6 nitrogen and oxygen atoms in total. The van der Waals surface area contributed by atoms with Crippen LogP contribution in [0.5, 0.6) is 0 Å². The van der Waals surface area contributed by atoms with Gasteiger partial charge in [0.05, 0.1) is 6.61 Å². The van der Waals surface area contributed by atoms with E-state index in [1.807, 2.05) is 14.0 Å². The molecule has 6 heteroatoms. The lowest BCUT2D eigenvalue weighted by Gasteiger charge is -2.32. The lowest BCUT2D eigenvalue weighted by molar-refractivity contribution is 0.0855. The molecule has 0 atom stereocenters. The molecule has 0 aromatic carbocycles. The first kappa shape index (κ1) is 15.0. The van der Waals surface area contributed by atoms with Crippen molar-refractivity contribution in [1.29, 1.82) is 0 Å². The molecule has 1 aromatic heterocycles. The van der Waals surface area contributed by atoms with Crippen LogP contribution in [0.1, 0.15) is 30.3 Å². The van der Waals surface area contributed by atoms with Gasteiger partial charge in [0.15, 0.2) is 0 Å². The zero-order valence-electron chi connectivity index (χ0n) is 12.3. The first-order valence-corrected chi connectivity index (χ1v) is 7.29. The number of rotatable bonds is 6. The minimum atomic E-state index is -0.0710. The quantitative estimate of drug-likeness (QED) is 0.777. The average molecular weight is 280 g/mol. The molecule has 20 heavy (non-hydrogen) atoms. The highest BCUT2D eigenvalue weighted by Crippen LogP contribution is 2.10. The molecule has 2 rings (SSSR count). The van der Waals surface area contributed by atoms with E-state index in [-0.39, 0.29) is 11.9 Å². The van der Waals surface area contributed by atoms with Crippen molar-refractivity contribution in [2.24, 2.45) is 7.05 Å². The molecule has 0 bridgehead atoms. The van der Waals surface area contributed by atoms with Crippen molar-refractivity contribution in [3.63, 3.8) is 0 Å². The van der Waals surface area contributed by atoms with E-state index in [9.17, 15) is 4.79 Å². The Morgan fingerprint density at radius 2 is 2.25 bits per heavy atom. The third-order valence-electron chi connectivity index (χ3n) is 3.63. The second kappa shape index (κ2) is 7.40. The van der Waals surface area contributed by atoms with Gasteiger partial charge in [0, 0.05) is 45.5 Å². The monoisotopic (exact) mass is 280 g/mol. The largest absolute Gasteiger partial charge is 0.380 e. The van der Waals surface area contributed by atoms with Gasteiger partial charge in [-0.1, -0.05) is 0 Å². The van der Waals surface area contributed by atoms with Gasteiger partial charge in [-0.15, -0.1) is 0 Å². The Morgan fingerprint density at radius 3 is 2.85 bits per heavy atom. The van der Waals surface area contributed by atoms with Crippen molar-refractivity contribution in [2.75, 3.05) is 32.8 Å². The first-order valence-electron chi connectivity index (χ1n) is 7.29. The molecule has 1 fully saturated rings. The van der Waals surface area contributed by atoms with E-state index in [1.54, 1.807) is 16.9 Å². The van der Waals surface area contributed by atoms with Crippen molar-refractivity contribution in [2.45, 2.75) is 25.8 Å². The molecule has 1 amide bonds. The molecule has 0 spiro atoms. The Labute approximate surface area is 120 Å². The Morgan fingerprint density at radius 1 is 1.50 bits per heavy atom. The maximum Gasteiger partial charge on any atom is 0.271 e. The first-order chi connectivity index (χ1) is 9.69. The van der Waals surface area contributed by atoms with E-state index >= 15 is 0 Å². The third-order valence-corrected chi connectivity index (χ3v) is 3.63. The van der Waals surface area contributed by atoms with Gasteiger partial charge in [-0.05, 0) is 25.8 Å². The number of carbonyl (C=O) groups is 1. The van der Waals surface area contributed by atoms with E-state index in [4.69, 9.17) is 4.74 Å². The number of amides is 1. The summed E-state index contributed by atoms with van der Waals surface area (Å²) >= 11 is 0. The molecule has 0 radical (unpaired) electrons. The fourth-order valence-corrected chi connectivity index (χ4v) is 2.43. The number of nitrogens with zero attached hydrogens (tertiary/aromatic N) is 3. The number of aryl methyl sites for hydroxylation is 1. The number of piperidine rings is 1. The van der Waals surface area contributed by atoms with Crippen LogP contribution in [-0.4, -0.2) is 59.5 Å².